The van der Waals surface area contributed by atoms with Crippen LogP contribution in [0.1, 0.15) is 26.3 Å². The van der Waals surface area contributed by atoms with Crippen molar-refractivity contribution in [3.63, 3.8) is 0 Å². The SMILES string of the molecule is Cc1cn[nH]c1NS(=N)(=O)C(C)(C)C. The molecule has 5 nitrogen and oxygen atoms in total. The first kappa shape index (κ1) is 11.0. The standard InChI is InChI=1S/C8H16N4OS/c1-6-5-10-11-7(6)12-14(9,13)8(2,3)4/h5H,1-4H3,(H3,9,10,11,12,13). The van der Waals surface area contributed by atoms with Gasteiger partial charge in [0.15, 0.2) is 0 Å². The van der Waals surface area contributed by atoms with Crippen LogP contribution in [0, 0.1) is 11.7 Å². The summed E-state index contributed by atoms with van der Waals surface area (Å²) in [5.41, 5.74) is 0.856. The van der Waals surface area contributed by atoms with E-state index in [1.807, 2.05) is 6.92 Å². The van der Waals surface area contributed by atoms with Crippen LogP contribution in [-0.4, -0.2) is 19.2 Å². The van der Waals surface area contributed by atoms with Crippen LogP contribution in [0.4, 0.5) is 5.82 Å². The van der Waals surface area contributed by atoms with E-state index in [-0.39, 0.29) is 0 Å². The van der Waals surface area contributed by atoms with Gasteiger partial charge in [0.05, 0.1) is 10.9 Å². The van der Waals surface area contributed by atoms with Gasteiger partial charge in [-0.25, -0.2) is 8.99 Å². The van der Waals surface area contributed by atoms with Crippen LogP contribution in [0.2, 0.25) is 0 Å². The molecule has 0 aliphatic heterocycles. The van der Waals surface area contributed by atoms with Gasteiger partial charge >= 0.3 is 0 Å². The zero-order valence-electron chi connectivity index (χ0n) is 8.84. The van der Waals surface area contributed by atoms with Gasteiger partial charge in [0.25, 0.3) is 0 Å². The number of aromatic nitrogens is 2. The molecule has 1 rings (SSSR count). The summed E-state index contributed by atoms with van der Waals surface area (Å²) < 4.78 is 21.7. The number of hydrogen-bond donors (Lipinski definition) is 3. The number of hydrogen-bond acceptors (Lipinski definition) is 3. The Morgan fingerprint density at radius 3 is 2.50 bits per heavy atom. The number of aryl methyl sites for hydroxylation is 1. The monoisotopic (exact) mass is 216 g/mol. The molecule has 0 radical (unpaired) electrons. The van der Waals surface area contributed by atoms with Crippen LogP contribution in [-0.2, 0) is 9.92 Å². The molecule has 1 aromatic rings. The van der Waals surface area contributed by atoms with Crippen molar-refractivity contribution >= 4 is 15.7 Å². The maximum atomic E-state index is 11.9. The molecule has 14 heavy (non-hydrogen) atoms. The lowest BCUT2D eigenvalue weighted by atomic mass is 10.3. The number of anilines is 1. The molecule has 1 unspecified atom stereocenters. The molecule has 0 amide bonds. The highest BCUT2D eigenvalue weighted by atomic mass is 32.2. The highest BCUT2D eigenvalue weighted by Crippen LogP contribution is 2.20. The van der Waals surface area contributed by atoms with Crippen LogP contribution in [0.25, 0.3) is 0 Å². The lowest BCUT2D eigenvalue weighted by Crippen LogP contribution is -2.32. The van der Waals surface area contributed by atoms with E-state index < -0.39 is 14.7 Å². The van der Waals surface area contributed by atoms with Crippen molar-refractivity contribution in [2.75, 3.05) is 4.72 Å². The Bertz CT molecular complexity index is 413. The van der Waals surface area contributed by atoms with Crippen molar-refractivity contribution in [3.8, 4) is 0 Å². The van der Waals surface area contributed by atoms with Crippen LogP contribution in [0.5, 0.6) is 0 Å². The minimum atomic E-state index is -2.86. The highest BCUT2D eigenvalue weighted by Gasteiger charge is 2.25. The zero-order valence-corrected chi connectivity index (χ0v) is 9.66. The second-order valence-corrected chi connectivity index (χ2v) is 6.74. The Hall–Kier alpha value is -1.04. The first-order valence-electron chi connectivity index (χ1n) is 4.30. The Labute approximate surface area is 84.4 Å². The van der Waals surface area contributed by atoms with Gasteiger partial charge in [-0.3, -0.25) is 9.82 Å². The van der Waals surface area contributed by atoms with E-state index in [0.29, 0.717) is 5.82 Å². The summed E-state index contributed by atoms with van der Waals surface area (Å²) in [5, 5.41) is 6.46. The number of H-pyrrole nitrogens is 1. The van der Waals surface area contributed by atoms with Crippen molar-refractivity contribution in [1.82, 2.24) is 10.2 Å². The molecule has 6 heteroatoms. The normalized spacial score (nSPS) is 16.3. The second-order valence-electron chi connectivity index (χ2n) is 4.20. The Kier molecular flexibility index (Phi) is 2.58. The summed E-state index contributed by atoms with van der Waals surface area (Å²) in [7, 11) is -2.86. The number of nitrogens with one attached hydrogen (secondary N) is 3. The van der Waals surface area contributed by atoms with Crippen LogP contribution in [0.3, 0.4) is 0 Å². The molecule has 80 valence electrons. The molecule has 0 aromatic carbocycles. The van der Waals surface area contributed by atoms with E-state index >= 15 is 0 Å². The van der Waals surface area contributed by atoms with E-state index in [1.165, 1.54) is 0 Å². The number of aromatic amines is 1. The molecule has 0 saturated carbocycles. The molecule has 1 atom stereocenters. The average Bonchev–Trinajstić information content (AvgIpc) is 2.33. The summed E-state index contributed by atoms with van der Waals surface area (Å²) in [4.78, 5) is 0. The smallest absolute Gasteiger partial charge is 0.136 e. The molecule has 0 spiro atoms. The average molecular weight is 216 g/mol. The van der Waals surface area contributed by atoms with Gasteiger partial charge in [-0.1, -0.05) is 0 Å². The van der Waals surface area contributed by atoms with Gasteiger partial charge < -0.3 is 0 Å². The Morgan fingerprint density at radius 2 is 2.14 bits per heavy atom. The quantitative estimate of drug-likeness (QED) is 0.705. The fraction of sp³-hybridized carbons (Fsp3) is 0.625. The molecule has 0 bridgehead atoms. The van der Waals surface area contributed by atoms with Gasteiger partial charge in [0.2, 0.25) is 0 Å². The Morgan fingerprint density at radius 1 is 1.57 bits per heavy atom. The Balaban J connectivity index is 2.96. The summed E-state index contributed by atoms with van der Waals surface area (Å²) in [6.45, 7) is 7.13. The van der Waals surface area contributed by atoms with E-state index in [1.54, 1.807) is 27.0 Å². The van der Waals surface area contributed by atoms with Gasteiger partial charge in [-0.2, -0.15) is 5.10 Å². The zero-order chi connectivity index (χ0) is 11.0. The maximum absolute atomic E-state index is 11.9. The lowest BCUT2D eigenvalue weighted by molar-refractivity contribution is 0.642. The lowest BCUT2D eigenvalue weighted by Gasteiger charge is -2.23. The largest absolute Gasteiger partial charge is 0.283 e. The van der Waals surface area contributed by atoms with Crippen molar-refractivity contribution < 1.29 is 4.21 Å². The third-order valence-electron chi connectivity index (χ3n) is 1.94. The van der Waals surface area contributed by atoms with Crippen molar-refractivity contribution in [1.29, 1.82) is 4.78 Å². The van der Waals surface area contributed by atoms with Crippen molar-refractivity contribution in [2.24, 2.45) is 0 Å². The van der Waals surface area contributed by atoms with Crippen molar-refractivity contribution in [2.45, 2.75) is 32.4 Å². The number of rotatable bonds is 2. The predicted molar refractivity (Wildman–Crippen MR) is 57.6 cm³/mol. The predicted octanol–water partition coefficient (Wildman–Crippen LogP) is 1.89. The molecule has 0 fully saturated rings. The summed E-state index contributed by atoms with van der Waals surface area (Å²) >= 11 is 0. The minimum absolute atomic E-state index is 0.555. The summed E-state index contributed by atoms with van der Waals surface area (Å²) in [6.07, 6.45) is 1.63. The molecule has 3 N–H and O–H groups in total. The van der Waals surface area contributed by atoms with Gasteiger partial charge in [-0.15, -0.1) is 0 Å². The molecular weight excluding hydrogens is 200 g/mol. The van der Waals surface area contributed by atoms with Gasteiger partial charge in [-0.05, 0) is 27.7 Å². The van der Waals surface area contributed by atoms with Crippen LogP contribution < -0.4 is 4.72 Å². The third kappa shape index (κ3) is 2.06. The maximum Gasteiger partial charge on any atom is 0.136 e. The first-order chi connectivity index (χ1) is 6.24. The number of nitrogens with zero attached hydrogens (tertiary/aromatic N) is 1. The van der Waals surface area contributed by atoms with E-state index in [0.717, 1.165) is 5.56 Å². The molecule has 0 saturated heterocycles. The second kappa shape index (κ2) is 3.27. The van der Waals surface area contributed by atoms with E-state index in [9.17, 15) is 4.21 Å². The third-order valence-corrected chi connectivity index (χ3v) is 4.15. The molecule has 0 aliphatic carbocycles. The summed E-state index contributed by atoms with van der Waals surface area (Å²) in [6, 6.07) is 0. The summed E-state index contributed by atoms with van der Waals surface area (Å²) in [5.74, 6) is 0.555. The molecule has 1 aromatic heterocycles. The topological polar surface area (TPSA) is 81.6 Å². The van der Waals surface area contributed by atoms with Crippen molar-refractivity contribution in [3.05, 3.63) is 11.8 Å². The van der Waals surface area contributed by atoms with Crippen LogP contribution >= 0.6 is 0 Å². The van der Waals surface area contributed by atoms with E-state index in [4.69, 9.17) is 4.78 Å². The van der Waals surface area contributed by atoms with Gasteiger partial charge in [0.1, 0.15) is 15.7 Å². The van der Waals surface area contributed by atoms with Gasteiger partial charge in [0, 0.05) is 5.56 Å². The van der Waals surface area contributed by atoms with Crippen LogP contribution in [0.15, 0.2) is 6.20 Å². The fourth-order valence-corrected chi connectivity index (χ4v) is 1.55. The molecular formula is C8H16N4OS. The fourth-order valence-electron chi connectivity index (χ4n) is 0.747. The highest BCUT2D eigenvalue weighted by molar-refractivity contribution is 7.95. The minimum Gasteiger partial charge on any atom is -0.283 e. The molecule has 0 aliphatic rings. The first-order valence-corrected chi connectivity index (χ1v) is 5.86. The molecule has 1 heterocycles. The van der Waals surface area contributed by atoms with E-state index in [2.05, 4.69) is 14.9 Å².